The predicted molar refractivity (Wildman–Crippen MR) is 103 cm³/mol. The third-order valence-corrected chi connectivity index (χ3v) is 6.32. The van der Waals surface area contributed by atoms with E-state index in [1.807, 2.05) is 18.2 Å². The Hall–Kier alpha value is -1.88. The summed E-state index contributed by atoms with van der Waals surface area (Å²) in [5, 5.41) is 17.1. The molecule has 0 saturated carbocycles. The van der Waals surface area contributed by atoms with Gasteiger partial charge in [-0.25, -0.2) is 0 Å². The van der Waals surface area contributed by atoms with Crippen LogP contribution < -0.4 is 5.32 Å². The number of pyridine rings is 1. The highest BCUT2D eigenvalue weighted by molar-refractivity contribution is 6.31. The smallest absolute Gasteiger partial charge is 0.0921 e. The topological polar surface area (TPSA) is 50.1 Å². The van der Waals surface area contributed by atoms with Crippen LogP contribution in [0.1, 0.15) is 42.0 Å². The van der Waals surface area contributed by atoms with E-state index in [2.05, 4.69) is 27.0 Å². The largest absolute Gasteiger partial charge is 0.385 e. The van der Waals surface area contributed by atoms with Crippen molar-refractivity contribution in [2.45, 2.75) is 43.9 Å². The van der Waals surface area contributed by atoms with Gasteiger partial charge in [-0.1, -0.05) is 11.6 Å². The second-order valence-corrected chi connectivity index (χ2v) is 8.00. The Morgan fingerprint density at radius 1 is 1.23 bits per heavy atom. The highest BCUT2D eigenvalue weighted by Crippen LogP contribution is 2.45. The van der Waals surface area contributed by atoms with Gasteiger partial charge in [0.15, 0.2) is 0 Å². The molecule has 0 aliphatic carbocycles. The molecule has 0 spiro atoms. The van der Waals surface area contributed by atoms with Crippen molar-refractivity contribution in [3.8, 4) is 0 Å². The number of aromatic nitrogens is 2. The fraction of sp³-hybridized carbons (Fsp3) is 0.381. The monoisotopic (exact) mass is 367 g/mol. The van der Waals surface area contributed by atoms with Crippen molar-refractivity contribution in [1.82, 2.24) is 14.9 Å². The van der Waals surface area contributed by atoms with Crippen LogP contribution >= 0.6 is 11.6 Å². The van der Waals surface area contributed by atoms with Gasteiger partial charge in [-0.3, -0.25) is 4.98 Å². The van der Waals surface area contributed by atoms with E-state index in [-0.39, 0.29) is 0 Å². The molecule has 0 fully saturated rings. The zero-order chi connectivity index (χ0) is 17.7. The summed E-state index contributed by atoms with van der Waals surface area (Å²) in [6.07, 6.45) is 6.03. The van der Waals surface area contributed by atoms with Crippen LogP contribution in [-0.4, -0.2) is 21.2 Å². The molecule has 5 heteroatoms. The van der Waals surface area contributed by atoms with Crippen molar-refractivity contribution >= 4 is 22.5 Å². The molecule has 4 heterocycles. The molecule has 2 unspecified atom stereocenters. The van der Waals surface area contributed by atoms with Crippen molar-refractivity contribution in [2.75, 3.05) is 6.54 Å². The molecule has 0 bridgehead atoms. The normalized spacial score (nSPS) is 25.5. The summed E-state index contributed by atoms with van der Waals surface area (Å²) in [6.45, 7) is 2.64. The molecule has 5 rings (SSSR count). The Morgan fingerprint density at radius 2 is 2.08 bits per heavy atom. The summed E-state index contributed by atoms with van der Waals surface area (Å²) < 4.78 is 2.43. The SMILES string of the molecule is OC1(c2ccncc2)CCn2c3c(c4cc(Cl)ccc42)CNCCC3C1. The van der Waals surface area contributed by atoms with Crippen LogP contribution in [0.25, 0.3) is 10.9 Å². The maximum atomic E-state index is 11.6. The van der Waals surface area contributed by atoms with E-state index in [1.54, 1.807) is 12.4 Å². The molecule has 0 radical (unpaired) electrons. The van der Waals surface area contributed by atoms with Gasteiger partial charge in [-0.15, -0.1) is 0 Å². The van der Waals surface area contributed by atoms with Gasteiger partial charge in [0.05, 0.1) is 5.60 Å². The van der Waals surface area contributed by atoms with Crippen LogP contribution in [-0.2, 0) is 18.7 Å². The van der Waals surface area contributed by atoms with E-state index < -0.39 is 5.60 Å². The zero-order valence-electron chi connectivity index (χ0n) is 14.6. The number of hydrogen-bond donors (Lipinski definition) is 2. The molecule has 26 heavy (non-hydrogen) atoms. The molecule has 2 aliphatic heterocycles. The molecule has 0 amide bonds. The van der Waals surface area contributed by atoms with Crippen LogP contribution in [0.4, 0.5) is 0 Å². The van der Waals surface area contributed by atoms with Crippen LogP contribution in [0.3, 0.4) is 0 Å². The first-order chi connectivity index (χ1) is 12.7. The summed E-state index contributed by atoms with van der Waals surface area (Å²) in [7, 11) is 0. The van der Waals surface area contributed by atoms with Gasteiger partial charge in [-0.05, 0) is 67.3 Å². The number of rotatable bonds is 1. The molecular weight excluding hydrogens is 346 g/mol. The van der Waals surface area contributed by atoms with Crippen molar-refractivity contribution in [1.29, 1.82) is 0 Å². The van der Waals surface area contributed by atoms with Crippen LogP contribution in [0, 0.1) is 0 Å². The van der Waals surface area contributed by atoms with E-state index in [1.165, 1.54) is 22.2 Å². The first-order valence-electron chi connectivity index (χ1n) is 9.30. The van der Waals surface area contributed by atoms with E-state index in [4.69, 9.17) is 11.6 Å². The molecule has 1 aromatic carbocycles. The molecule has 2 aromatic heterocycles. The Kier molecular flexibility index (Phi) is 3.82. The number of benzene rings is 1. The van der Waals surface area contributed by atoms with Gasteiger partial charge < -0.3 is 15.0 Å². The number of aliphatic hydroxyl groups is 1. The Bertz CT molecular complexity index is 968. The summed E-state index contributed by atoms with van der Waals surface area (Å²) in [5.74, 6) is 0.326. The van der Waals surface area contributed by atoms with Gasteiger partial charge in [0, 0.05) is 53.0 Å². The molecule has 2 aliphatic rings. The fourth-order valence-electron chi connectivity index (χ4n) is 4.87. The minimum absolute atomic E-state index is 0.326. The minimum Gasteiger partial charge on any atom is -0.385 e. The van der Waals surface area contributed by atoms with E-state index >= 15 is 0 Å². The number of hydrogen-bond acceptors (Lipinski definition) is 3. The van der Waals surface area contributed by atoms with Crippen molar-refractivity contribution in [3.05, 3.63) is 64.6 Å². The Labute approximate surface area is 157 Å². The van der Waals surface area contributed by atoms with Gasteiger partial charge in [0.1, 0.15) is 0 Å². The van der Waals surface area contributed by atoms with Gasteiger partial charge in [0.2, 0.25) is 0 Å². The molecule has 134 valence electrons. The lowest BCUT2D eigenvalue weighted by Gasteiger charge is -2.29. The first-order valence-corrected chi connectivity index (χ1v) is 9.68. The summed E-state index contributed by atoms with van der Waals surface area (Å²) >= 11 is 6.29. The summed E-state index contributed by atoms with van der Waals surface area (Å²) in [5.41, 5.74) is 4.13. The van der Waals surface area contributed by atoms with Crippen LogP contribution in [0.2, 0.25) is 5.02 Å². The second-order valence-electron chi connectivity index (χ2n) is 7.56. The van der Waals surface area contributed by atoms with Gasteiger partial charge >= 0.3 is 0 Å². The lowest BCUT2D eigenvalue weighted by Crippen LogP contribution is -2.28. The third kappa shape index (κ3) is 2.48. The lowest BCUT2D eigenvalue weighted by atomic mass is 9.81. The number of nitrogens with one attached hydrogen (secondary N) is 1. The fourth-order valence-corrected chi connectivity index (χ4v) is 5.04. The quantitative estimate of drug-likeness (QED) is 0.684. The maximum Gasteiger partial charge on any atom is 0.0921 e. The summed E-state index contributed by atoms with van der Waals surface area (Å²) in [4.78, 5) is 4.11. The summed E-state index contributed by atoms with van der Waals surface area (Å²) in [6, 6.07) is 10.1. The van der Waals surface area contributed by atoms with Gasteiger partial charge in [0.25, 0.3) is 0 Å². The number of halogens is 1. The second kappa shape index (κ2) is 6.08. The Balaban J connectivity index is 1.68. The van der Waals surface area contributed by atoms with Crippen molar-refractivity contribution < 1.29 is 5.11 Å². The van der Waals surface area contributed by atoms with Crippen LogP contribution in [0.15, 0.2) is 42.7 Å². The number of nitrogens with zero attached hydrogens (tertiary/aromatic N) is 2. The third-order valence-electron chi connectivity index (χ3n) is 6.08. The minimum atomic E-state index is -0.813. The zero-order valence-corrected chi connectivity index (χ0v) is 15.3. The molecule has 2 atom stereocenters. The first kappa shape index (κ1) is 16.3. The lowest BCUT2D eigenvalue weighted by molar-refractivity contribution is 0.0123. The molecule has 2 N–H and O–H groups in total. The van der Waals surface area contributed by atoms with Gasteiger partial charge in [-0.2, -0.15) is 0 Å². The Morgan fingerprint density at radius 3 is 2.92 bits per heavy atom. The van der Waals surface area contributed by atoms with E-state index in [0.29, 0.717) is 12.3 Å². The van der Waals surface area contributed by atoms with E-state index in [9.17, 15) is 5.11 Å². The number of aryl methyl sites for hydroxylation is 1. The standard InChI is InChI=1S/C21H22ClN3O/c22-16-1-2-19-17(11-16)18-13-24-7-3-14-12-21(26,6-10-25(19)20(14)18)15-4-8-23-9-5-15/h1-2,4-5,8-9,11,14,24,26H,3,6-7,10,12-13H2. The van der Waals surface area contributed by atoms with Crippen LogP contribution in [0.5, 0.6) is 0 Å². The van der Waals surface area contributed by atoms with Crippen molar-refractivity contribution in [2.24, 2.45) is 0 Å². The van der Waals surface area contributed by atoms with Crippen molar-refractivity contribution in [3.63, 3.8) is 0 Å². The molecule has 4 nitrogen and oxygen atoms in total. The highest BCUT2D eigenvalue weighted by Gasteiger charge is 2.39. The predicted octanol–water partition coefficient (Wildman–Crippen LogP) is 3.95. The number of fused-ring (bicyclic) bond motifs is 3. The molecule has 0 saturated heterocycles. The maximum absolute atomic E-state index is 11.6. The molecular formula is C21H22ClN3O. The highest BCUT2D eigenvalue weighted by atomic mass is 35.5. The average molecular weight is 368 g/mol. The average Bonchev–Trinajstić information content (AvgIpc) is 2.76. The molecule has 3 aromatic rings. The van der Waals surface area contributed by atoms with E-state index in [0.717, 1.165) is 43.1 Å².